The van der Waals surface area contributed by atoms with Crippen LogP contribution >= 0.6 is 0 Å². The summed E-state index contributed by atoms with van der Waals surface area (Å²) in [4.78, 5) is 12.9. The van der Waals surface area contributed by atoms with Crippen LogP contribution in [-0.4, -0.2) is 24.0 Å². The lowest BCUT2D eigenvalue weighted by molar-refractivity contribution is 0.223. The third kappa shape index (κ3) is 3.84. The molecule has 1 aromatic rings. The SMILES string of the molecule is Cc1cccc(NC(=O)N(CC#N)CC#N)c1. The molecule has 0 aliphatic carbocycles. The molecule has 0 saturated carbocycles. The standard InChI is InChI=1S/C12H12N4O/c1-10-3-2-4-11(9-10)15-12(17)16(7-5-13)8-6-14/h2-4,9H,7-8H2,1H3,(H,15,17). The van der Waals surface area contributed by atoms with Crippen LogP contribution in [0, 0.1) is 29.6 Å². The molecular weight excluding hydrogens is 216 g/mol. The summed E-state index contributed by atoms with van der Waals surface area (Å²) in [6.45, 7) is 1.70. The molecule has 0 aromatic heterocycles. The highest BCUT2D eigenvalue weighted by Crippen LogP contribution is 2.10. The fraction of sp³-hybridized carbons (Fsp3) is 0.250. The highest BCUT2D eigenvalue weighted by molar-refractivity contribution is 5.89. The van der Waals surface area contributed by atoms with E-state index in [0.717, 1.165) is 10.5 Å². The van der Waals surface area contributed by atoms with Crippen molar-refractivity contribution in [1.29, 1.82) is 10.5 Å². The van der Waals surface area contributed by atoms with Gasteiger partial charge < -0.3 is 5.32 Å². The molecule has 0 aliphatic heterocycles. The van der Waals surface area contributed by atoms with Crippen molar-refractivity contribution in [3.05, 3.63) is 29.8 Å². The molecular formula is C12H12N4O. The first kappa shape index (κ1) is 12.5. The van der Waals surface area contributed by atoms with E-state index in [1.165, 1.54) is 0 Å². The zero-order chi connectivity index (χ0) is 12.7. The molecule has 5 heteroatoms. The molecule has 17 heavy (non-hydrogen) atoms. The molecule has 0 bridgehead atoms. The highest BCUT2D eigenvalue weighted by Gasteiger charge is 2.12. The van der Waals surface area contributed by atoms with Gasteiger partial charge in [-0.05, 0) is 24.6 Å². The van der Waals surface area contributed by atoms with E-state index in [-0.39, 0.29) is 13.1 Å². The van der Waals surface area contributed by atoms with Crippen LogP contribution in [0.5, 0.6) is 0 Å². The van der Waals surface area contributed by atoms with Gasteiger partial charge in [0.15, 0.2) is 0 Å². The molecule has 1 rings (SSSR count). The number of rotatable bonds is 3. The Kier molecular flexibility index (Phi) is 4.53. The lowest BCUT2D eigenvalue weighted by Gasteiger charge is -2.16. The number of nitrogens with zero attached hydrogens (tertiary/aromatic N) is 3. The number of amides is 2. The molecule has 0 heterocycles. The maximum absolute atomic E-state index is 11.7. The Morgan fingerprint density at radius 2 is 2.00 bits per heavy atom. The first-order chi connectivity index (χ1) is 8.17. The molecule has 1 N–H and O–H groups in total. The van der Waals surface area contributed by atoms with E-state index in [1.807, 2.05) is 37.3 Å². The number of benzene rings is 1. The van der Waals surface area contributed by atoms with Crippen molar-refractivity contribution < 1.29 is 4.79 Å². The molecule has 0 saturated heterocycles. The number of nitriles is 2. The summed E-state index contributed by atoms with van der Waals surface area (Å²) in [7, 11) is 0. The van der Waals surface area contributed by atoms with E-state index in [1.54, 1.807) is 6.07 Å². The number of carbonyl (C=O) groups is 1. The monoisotopic (exact) mass is 228 g/mol. The zero-order valence-electron chi connectivity index (χ0n) is 9.47. The van der Waals surface area contributed by atoms with Crippen molar-refractivity contribution in [2.45, 2.75) is 6.92 Å². The fourth-order valence-electron chi connectivity index (χ4n) is 1.30. The summed E-state index contributed by atoms with van der Waals surface area (Å²) < 4.78 is 0. The molecule has 0 aliphatic rings. The molecule has 1 aromatic carbocycles. The summed E-state index contributed by atoms with van der Waals surface area (Å²) in [5.41, 5.74) is 1.67. The van der Waals surface area contributed by atoms with E-state index < -0.39 is 6.03 Å². The number of carbonyl (C=O) groups excluding carboxylic acids is 1. The Morgan fingerprint density at radius 1 is 1.35 bits per heavy atom. The normalized spacial score (nSPS) is 8.88. The Hall–Kier alpha value is -2.53. The van der Waals surface area contributed by atoms with Crippen molar-refractivity contribution in [1.82, 2.24) is 4.90 Å². The van der Waals surface area contributed by atoms with Crippen molar-refractivity contribution in [3.8, 4) is 12.1 Å². The summed E-state index contributed by atoms with van der Waals surface area (Å²) in [5, 5.41) is 19.7. The molecule has 0 fully saturated rings. The zero-order valence-corrected chi connectivity index (χ0v) is 9.47. The van der Waals surface area contributed by atoms with Gasteiger partial charge in [-0.15, -0.1) is 0 Å². The van der Waals surface area contributed by atoms with Gasteiger partial charge in [-0.1, -0.05) is 12.1 Å². The topological polar surface area (TPSA) is 79.9 Å². The highest BCUT2D eigenvalue weighted by atomic mass is 16.2. The van der Waals surface area contributed by atoms with E-state index in [2.05, 4.69) is 5.32 Å². The fourth-order valence-corrected chi connectivity index (χ4v) is 1.30. The molecule has 0 spiro atoms. The van der Waals surface area contributed by atoms with Gasteiger partial charge in [0.05, 0.1) is 12.1 Å². The lowest BCUT2D eigenvalue weighted by atomic mass is 10.2. The second kappa shape index (κ2) is 6.14. The average molecular weight is 228 g/mol. The number of urea groups is 1. The Balaban J connectivity index is 2.71. The van der Waals surface area contributed by atoms with Gasteiger partial charge in [-0.3, -0.25) is 4.90 Å². The van der Waals surface area contributed by atoms with Crippen LogP contribution in [-0.2, 0) is 0 Å². The minimum absolute atomic E-state index is 0.106. The molecule has 2 amide bonds. The van der Waals surface area contributed by atoms with Crippen molar-refractivity contribution >= 4 is 11.7 Å². The largest absolute Gasteiger partial charge is 0.323 e. The number of aryl methyl sites for hydroxylation is 1. The van der Waals surface area contributed by atoms with E-state index >= 15 is 0 Å². The average Bonchev–Trinajstić information content (AvgIpc) is 2.28. The second-order valence-electron chi connectivity index (χ2n) is 3.47. The second-order valence-corrected chi connectivity index (χ2v) is 3.47. The maximum Gasteiger partial charge on any atom is 0.323 e. The quantitative estimate of drug-likeness (QED) is 0.802. The van der Waals surface area contributed by atoms with Gasteiger partial charge >= 0.3 is 6.03 Å². The van der Waals surface area contributed by atoms with Crippen molar-refractivity contribution in [2.75, 3.05) is 18.4 Å². The molecule has 86 valence electrons. The van der Waals surface area contributed by atoms with Crippen LogP contribution in [0.25, 0.3) is 0 Å². The van der Waals surface area contributed by atoms with Gasteiger partial charge in [-0.2, -0.15) is 10.5 Å². The first-order valence-electron chi connectivity index (χ1n) is 5.04. The Labute approximate surface area is 99.9 Å². The number of hydrogen-bond donors (Lipinski definition) is 1. The van der Waals surface area contributed by atoms with Gasteiger partial charge in [0.1, 0.15) is 13.1 Å². The lowest BCUT2D eigenvalue weighted by Crippen LogP contribution is -2.35. The van der Waals surface area contributed by atoms with Crippen LogP contribution in [0.1, 0.15) is 5.56 Å². The van der Waals surface area contributed by atoms with E-state index in [4.69, 9.17) is 10.5 Å². The van der Waals surface area contributed by atoms with E-state index in [9.17, 15) is 4.79 Å². The molecule has 0 atom stereocenters. The Morgan fingerprint density at radius 3 is 2.53 bits per heavy atom. The van der Waals surface area contributed by atoms with E-state index in [0.29, 0.717) is 5.69 Å². The summed E-state index contributed by atoms with van der Waals surface area (Å²) in [5.74, 6) is 0. The molecule has 5 nitrogen and oxygen atoms in total. The van der Waals surface area contributed by atoms with Gasteiger partial charge in [0.25, 0.3) is 0 Å². The predicted octanol–water partition coefficient (Wildman–Crippen LogP) is 1.88. The molecule has 0 radical (unpaired) electrons. The van der Waals surface area contributed by atoms with Crippen LogP contribution in [0.2, 0.25) is 0 Å². The number of nitrogens with one attached hydrogen (secondary N) is 1. The maximum atomic E-state index is 11.7. The number of anilines is 1. The van der Waals surface area contributed by atoms with Crippen LogP contribution in [0.4, 0.5) is 10.5 Å². The summed E-state index contributed by atoms with van der Waals surface area (Å²) in [6.07, 6.45) is 0. The van der Waals surface area contributed by atoms with Gasteiger partial charge in [0.2, 0.25) is 0 Å². The smallest absolute Gasteiger partial charge is 0.308 e. The molecule has 0 unspecified atom stereocenters. The van der Waals surface area contributed by atoms with Crippen LogP contribution in [0.15, 0.2) is 24.3 Å². The van der Waals surface area contributed by atoms with Crippen LogP contribution < -0.4 is 5.32 Å². The minimum atomic E-state index is -0.446. The third-order valence-corrected chi connectivity index (χ3v) is 2.08. The third-order valence-electron chi connectivity index (χ3n) is 2.08. The Bertz CT molecular complexity index is 468. The van der Waals surface area contributed by atoms with Gasteiger partial charge in [0, 0.05) is 5.69 Å². The first-order valence-corrected chi connectivity index (χ1v) is 5.04. The minimum Gasteiger partial charge on any atom is -0.308 e. The summed E-state index contributed by atoms with van der Waals surface area (Å²) >= 11 is 0. The van der Waals surface area contributed by atoms with Crippen LogP contribution in [0.3, 0.4) is 0 Å². The predicted molar refractivity (Wildman–Crippen MR) is 63.0 cm³/mol. The van der Waals surface area contributed by atoms with Crippen molar-refractivity contribution in [2.24, 2.45) is 0 Å². The van der Waals surface area contributed by atoms with Crippen molar-refractivity contribution in [3.63, 3.8) is 0 Å². The number of hydrogen-bond acceptors (Lipinski definition) is 3. The van der Waals surface area contributed by atoms with Gasteiger partial charge in [-0.25, -0.2) is 4.79 Å². The summed E-state index contributed by atoms with van der Waals surface area (Å²) in [6, 6.07) is 10.5.